The van der Waals surface area contributed by atoms with Crippen molar-refractivity contribution >= 4 is 0 Å². The molecule has 0 nitrogen and oxygen atoms in total. The van der Waals surface area contributed by atoms with Crippen LogP contribution in [0, 0.1) is 75.0 Å². The zero-order chi connectivity index (χ0) is 7.89. The number of hydrogen-bond acceptors (Lipinski definition) is 0. The topological polar surface area (TPSA) is 0 Å². The quantitative estimate of drug-likeness (QED) is 0.643. The molecular formula is C10H15Sm-. The maximum Gasteiger partial charge on any atom is 0 e. The van der Waals surface area contributed by atoms with E-state index in [-0.39, 0.29) is 40.4 Å². The van der Waals surface area contributed by atoms with Crippen molar-refractivity contribution in [1.82, 2.24) is 0 Å². The van der Waals surface area contributed by atoms with Gasteiger partial charge in [0.25, 0.3) is 0 Å². The van der Waals surface area contributed by atoms with Gasteiger partial charge >= 0.3 is 0 Å². The van der Waals surface area contributed by atoms with Gasteiger partial charge in [0.1, 0.15) is 0 Å². The second-order valence-corrected chi connectivity index (χ2v) is 3.12. The molecule has 0 spiro atoms. The van der Waals surface area contributed by atoms with Gasteiger partial charge in [0.2, 0.25) is 0 Å². The van der Waals surface area contributed by atoms with Gasteiger partial charge in [0.15, 0.2) is 0 Å². The Labute approximate surface area is 102 Å². The van der Waals surface area contributed by atoms with Gasteiger partial charge < -0.3 is 0 Å². The van der Waals surface area contributed by atoms with Gasteiger partial charge in [-0.2, -0.15) is 27.8 Å². The molecule has 11 heavy (non-hydrogen) atoms. The molecule has 1 rings (SSSR count). The van der Waals surface area contributed by atoms with E-state index in [9.17, 15) is 0 Å². The molecule has 1 heteroatoms. The Kier molecular flexibility index (Phi) is 4.33. The van der Waals surface area contributed by atoms with E-state index in [4.69, 9.17) is 0 Å². The van der Waals surface area contributed by atoms with Crippen LogP contribution >= 0.6 is 0 Å². The maximum absolute atomic E-state index is 2.20. The van der Waals surface area contributed by atoms with Gasteiger partial charge in [0.05, 0.1) is 0 Å². The van der Waals surface area contributed by atoms with Crippen molar-refractivity contribution < 1.29 is 40.4 Å². The summed E-state index contributed by atoms with van der Waals surface area (Å²) in [4.78, 5) is 0. The molecular weight excluding hydrogens is 270 g/mol. The van der Waals surface area contributed by atoms with Crippen LogP contribution in [-0.2, 0) is 0 Å². The van der Waals surface area contributed by atoms with E-state index in [0.717, 1.165) is 0 Å². The van der Waals surface area contributed by atoms with Crippen LogP contribution in [0.15, 0.2) is 0 Å². The zero-order valence-corrected chi connectivity index (χ0v) is 10.5. The minimum atomic E-state index is 0. The van der Waals surface area contributed by atoms with Crippen molar-refractivity contribution in [3.63, 3.8) is 0 Å². The van der Waals surface area contributed by atoms with Crippen molar-refractivity contribution in [3.05, 3.63) is 27.8 Å². The van der Waals surface area contributed by atoms with Gasteiger partial charge in [0, 0.05) is 40.4 Å². The Morgan fingerprint density at radius 2 is 1.09 bits per heavy atom. The Balaban J connectivity index is 0.000001000. The fourth-order valence-electron chi connectivity index (χ4n) is 1.41. The third-order valence-corrected chi connectivity index (χ3v) is 2.81. The first-order chi connectivity index (χ1) is 4.55. The molecule has 0 saturated carbocycles. The van der Waals surface area contributed by atoms with Crippen molar-refractivity contribution in [3.8, 4) is 0 Å². The summed E-state index contributed by atoms with van der Waals surface area (Å²) < 4.78 is 0. The van der Waals surface area contributed by atoms with Crippen LogP contribution in [0.5, 0.6) is 0 Å². The normalized spacial score (nSPS) is 9.55. The van der Waals surface area contributed by atoms with E-state index in [0.29, 0.717) is 0 Å². The summed E-state index contributed by atoms with van der Waals surface area (Å²) in [5.41, 5.74) is 7.34. The molecule has 0 N–H and O–H groups in total. The summed E-state index contributed by atoms with van der Waals surface area (Å²) in [6, 6.07) is 0. The van der Waals surface area contributed by atoms with Crippen LogP contribution in [0.1, 0.15) is 27.8 Å². The number of rotatable bonds is 0. The predicted octanol–water partition coefficient (Wildman–Crippen LogP) is 2.95. The molecule has 0 radical (unpaired) electrons. The van der Waals surface area contributed by atoms with Gasteiger partial charge in [-0.05, 0) is 0 Å². The molecule has 0 fully saturated rings. The molecule has 0 aliphatic carbocycles. The van der Waals surface area contributed by atoms with E-state index in [1.807, 2.05) is 0 Å². The maximum atomic E-state index is 2.20. The molecule has 0 aromatic heterocycles. The fourth-order valence-corrected chi connectivity index (χ4v) is 1.41. The smallest absolute Gasteiger partial charge is 0 e. The summed E-state index contributed by atoms with van der Waals surface area (Å²) in [6.07, 6.45) is 0. The summed E-state index contributed by atoms with van der Waals surface area (Å²) in [6.45, 7) is 11.0. The second-order valence-electron chi connectivity index (χ2n) is 3.12. The van der Waals surface area contributed by atoms with Gasteiger partial charge in [-0.15, -0.1) is 0 Å². The van der Waals surface area contributed by atoms with Crippen LogP contribution in [0.25, 0.3) is 0 Å². The SMILES string of the molecule is Cc1c(C)c(C)[c-](C)c1C.[Sm]. The van der Waals surface area contributed by atoms with Crippen molar-refractivity contribution in [2.45, 2.75) is 34.6 Å². The van der Waals surface area contributed by atoms with Crippen LogP contribution < -0.4 is 0 Å². The summed E-state index contributed by atoms with van der Waals surface area (Å²) in [5.74, 6) is 0. The average molecular weight is 286 g/mol. The van der Waals surface area contributed by atoms with E-state index in [1.165, 1.54) is 27.8 Å². The average Bonchev–Trinajstić information content (AvgIpc) is 2.07. The molecule has 62 valence electrons. The molecule has 0 aliphatic heterocycles. The van der Waals surface area contributed by atoms with Crippen LogP contribution in [-0.4, -0.2) is 0 Å². The zero-order valence-electron chi connectivity index (χ0n) is 7.91. The third kappa shape index (κ3) is 1.88. The predicted molar refractivity (Wildman–Crippen MR) is 45.7 cm³/mol. The minimum absolute atomic E-state index is 0. The molecule has 0 amide bonds. The second kappa shape index (κ2) is 4.08. The third-order valence-electron chi connectivity index (χ3n) is 2.81. The molecule has 0 unspecified atom stereocenters. The largest absolute Gasteiger partial charge is 0.196 e. The van der Waals surface area contributed by atoms with Gasteiger partial charge in [-0.25, -0.2) is 0 Å². The molecule has 1 aromatic rings. The van der Waals surface area contributed by atoms with Crippen LogP contribution in [0.4, 0.5) is 0 Å². The molecule has 0 heterocycles. The fraction of sp³-hybridized carbons (Fsp3) is 0.500. The molecule has 0 saturated heterocycles. The van der Waals surface area contributed by atoms with E-state index >= 15 is 0 Å². The van der Waals surface area contributed by atoms with Crippen LogP contribution in [0.3, 0.4) is 0 Å². The van der Waals surface area contributed by atoms with E-state index in [1.54, 1.807) is 0 Å². The monoisotopic (exact) mass is 287 g/mol. The summed E-state index contributed by atoms with van der Waals surface area (Å²) >= 11 is 0. The first kappa shape index (κ1) is 11.7. The number of hydrogen-bond donors (Lipinski definition) is 0. The Bertz CT molecular complexity index is 176. The van der Waals surface area contributed by atoms with E-state index < -0.39 is 0 Å². The molecule has 1 aromatic carbocycles. The van der Waals surface area contributed by atoms with E-state index in [2.05, 4.69) is 34.6 Å². The summed E-state index contributed by atoms with van der Waals surface area (Å²) in [5, 5.41) is 0. The molecule has 0 bridgehead atoms. The Morgan fingerprint density at radius 3 is 1.18 bits per heavy atom. The van der Waals surface area contributed by atoms with Crippen LogP contribution in [0.2, 0.25) is 0 Å². The van der Waals surface area contributed by atoms with Gasteiger partial charge in [-0.3, -0.25) is 0 Å². The van der Waals surface area contributed by atoms with Crippen molar-refractivity contribution in [2.75, 3.05) is 0 Å². The molecule has 0 aliphatic rings. The van der Waals surface area contributed by atoms with Gasteiger partial charge in [-0.1, -0.05) is 34.6 Å². The van der Waals surface area contributed by atoms with Crippen molar-refractivity contribution in [1.29, 1.82) is 0 Å². The summed E-state index contributed by atoms with van der Waals surface area (Å²) in [7, 11) is 0. The standard InChI is InChI=1S/C10H15.Sm/c1-6-7(2)9(4)10(5)8(6)3;/h1-5H3;/q-1;. The Hall–Kier alpha value is 0.688. The molecule has 0 atom stereocenters. The Morgan fingerprint density at radius 1 is 0.818 bits per heavy atom. The first-order valence-electron chi connectivity index (χ1n) is 3.75. The van der Waals surface area contributed by atoms with Crippen molar-refractivity contribution in [2.24, 2.45) is 0 Å². The first-order valence-corrected chi connectivity index (χ1v) is 3.75. The minimum Gasteiger partial charge on any atom is -0.196 e.